The van der Waals surface area contributed by atoms with Gasteiger partial charge >= 0.3 is 5.97 Å². The second-order valence-electron chi connectivity index (χ2n) is 6.92. The molecule has 3 aromatic rings. The predicted octanol–water partition coefficient (Wildman–Crippen LogP) is 4.58. The first-order chi connectivity index (χ1) is 12.6. The highest BCUT2D eigenvalue weighted by molar-refractivity contribution is 6.30. The van der Waals surface area contributed by atoms with Crippen LogP contribution in [-0.2, 0) is 11.3 Å². The molecule has 5 heteroatoms. The van der Waals surface area contributed by atoms with E-state index in [1.807, 2.05) is 36.4 Å². The van der Waals surface area contributed by atoms with Crippen molar-refractivity contribution in [3.63, 3.8) is 0 Å². The minimum Gasteiger partial charge on any atom is -0.481 e. The van der Waals surface area contributed by atoms with Gasteiger partial charge in [-0.15, -0.1) is 0 Å². The lowest BCUT2D eigenvalue weighted by Gasteiger charge is -2.30. The van der Waals surface area contributed by atoms with Crippen molar-refractivity contribution in [2.24, 2.45) is 5.92 Å². The molecule has 1 aliphatic heterocycles. The van der Waals surface area contributed by atoms with Gasteiger partial charge in [0.1, 0.15) is 0 Å². The Morgan fingerprint density at radius 1 is 1.15 bits per heavy atom. The number of likely N-dealkylation sites (tertiary alicyclic amines) is 1. The third kappa shape index (κ3) is 3.35. The van der Waals surface area contributed by atoms with Crippen molar-refractivity contribution >= 4 is 28.5 Å². The van der Waals surface area contributed by atoms with E-state index in [-0.39, 0.29) is 5.92 Å². The molecule has 1 atom stereocenters. The van der Waals surface area contributed by atoms with Crippen molar-refractivity contribution in [2.75, 3.05) is 13.1 Å². The lowest BCUT2D eigenvalue weighted by molar-refractivity contribution is -0.143. The average molecular weight is 369 g/mol. The summed E-state index contributed by atoms with van der Waals surface area (Å²) >= 11 is 6.06. The number of hydrogen-bond acceptors (Lipinski definition) is 2. The predicted molar refractivity (Wildman–Crippen MR) is 104 cm³/mol. The zero-order valence-electron chi connectivity index (χ0n) is 14.4. The van der Waals surface area contributed by atoms with E-state index in [4.69, 9.17) is 11.6 Å². The molecular formula is C21H21ClN2O2. The van der Waals surface area contributed by atoms with Crippen LogP contribution in [0.2, 0.25) is 5.02 Å². The van der Waals surface area contributed by atoms with Gasteiger partial charge in [-0.1, -0.05) is 29.8 Å². The van der Waals surface area contributed by atoms with E-state index in [0.29, 0.717) is 11.6 Å². The fourth-order valence-corrected chi connectivity index (χ4v) is 3.98. The van der Waals surface area contributed by atoms with Gasteiger partial charge in [0, 0.05) is 34.9 Å². The second kappa shape index (κ2) is 7.14. The van der Waals surface area contributed by atoms with Gasteiger partial charge in [-0.05, 0) is 55.8 Å². The highest BCUT2D eigenvalue weighted by Crippen LogP contribution is 2.27. The Kier molecular flexibility index (Phi) is 4.70. The maximum absolute atomic E-state index is 11.4. The third-order valence-corrected chi connectivity index (χ3v) is 5.36. The van der Waals surface area contributed by atoms with E-state index in [0.717, 1.165) is 37.1 Å². The molecule has 1 aromatic heterocycles. The fraction of sp³-hybridized carbons (Fsp3) is 0.286. The van der Waals surface area contributed by atoms with E-state index in [1.165, 1.54) is 11.1 Å². The smallest absolute Gasteiger partial charge is 0.307 e. The number of hydrogen-bond donors (Lipinski definition) is 1. The van der Waals surface area contributed by atoms with Gasteiger partial charge in [0.2, 0.25) is 0 Å². The van der Waals surface area contributed by atoms with Crippen LogP contribution in [0.25, 0.3) is 16.6 Å². The highest BCUT2D eigenvalue weighted by Gasteiger charge is 2.26. The van der Waals surface area contributed by atoms with Gasteiger partial charge in [-0.25, -0.2) is 0 Å². The molecule has 1 aliphatic rings. The van der Waals surface area contributed by atoms with Gasteiger partial charge in [0.05, 0.1) is 11.4 Å². The molecule has 2 aromatic carbocycles. The number of aromatic nitrogens is 1. The first kappa shape index (κ1) is 17.1. The topological polar surface area (TPSA) is 45.5 Å². The molecule has 1 N–H and O–H groups in total. The lowest BCUT2D eigenvalue weighted by atomic mass is 9.98. The molecule has 26 heavy (non-hydrogen) atoms. The fourth-order valence-electron chi connectivity index (χ4n) is 3.85. The molecule has 2 heterocycles. The zero-order chi connectivity index (χ0) is 18.1. The van der Waals surface area contributed by atoms with E-state index in [9.17, 15) is 9.90 Å². The minimum atomic E-state index is -0.687. The molecule has 1 fully saturated rings. The molecule has 0 bridgehead atoms. The highest BCUT2D eigenvalue weighted by atomic mass is 35.5. The van der Waals surface area contributed by atoms with Crippen LogP contribution >= 0.6 is 11.6 Å². The number of rotatable bonds is 4. The molecule has 0 aliphatic carbocycles. The van der Waals surface area contributed by atoms with E-state index < -0.39 is 5.97 Å². The minimum absolute atomic E-state index is 0.267. The van der Waals surface area contributed by atoms with E-state index in [2.05, 4.69) is 27.7 Å². The summed E-state index contributed by atoms with van der Waals surface area (Å²) in [7, 11) is 0. The second-order valence-corrected chi connectivity index (χ2v) is 7.36. The lowest BCUT2D eigenvalue weighted by Crippen LogP contribution is -2.38. The van der Waals surface area contributed by atoms with Crippen LogP contribution < -0.4 is 0 Å². The largest absolute Gasteiger partial charge is 0.481 e. The summed E-state index contributed by atoms with van der Waals surface area (Å²) in [4.78, 5) is 13.6. The Morgan fingerprint density at radius 3 is 2.69 bits per heavy atom. The monoisotopic (exact) mass is 368 g/mol. The average Bonchev–Trinajstić information content (AvgIpc) is 3.00. The number of carboxylic acid groups (broad SMARTS) is 1. The summed E-state index contributed by atoms with van der Waals surface area (Å²) in [6.07, 6.45) is 1.70. The molecule has 134 valence electrons. The SMILES string of the molecule is O=C(O)C1CCCN(Cc2cc3ccccc3n2-c2ccc(Cl)cc2)C1. The summed E-state index contributed by atoms with van der Waals surface area (Å²) in [5.74, 6) is -0.954. The van der Waals surface area contributed by atoms with Crippen molar-refractivity contribution in [3.05, 3.63) is 65.3 Å². The first-order valence-electron chi connectivity index (χ1n) is 8.92. The molecule has 0 spiro atoms. The van der Waals surface area contributed by atoms with E-state index in [1.54, 1.807) is 0 Å². The molecule has 4 nitrogen and oxygen atoms in total. The van der Waals surface area contributed by atoms with E-state index >= 15 is 0 Å². The molecule has 1 unspecified atom stereocenters. The van der Waals surface area contributed by atoms with Crippen LogP contribution in [0, 0.1) is 5.92 Å². The summed E-state index contributed by atoms with van der Waals surface area (Å²) in [5, 5.41) is 11.3. The number of fused-ring (bicyclic) bond motifs is 1. The van der Waals surface area contributed by atoms with Crippen LogP contribution in [0.4, 0.5) is 0 Å². The number of halogens is 1. The van der Waals surface area contributed by atoms with Crippen LogP contribution in [0.5, 0.6) is 0 Å². The molecular weight excluding hydrogens is 348 g/mol. The normalized spacial score (nSPS) is 18.3. The van der Waals surface area contributed by atoms with Crippen molar-refractivity contribution < 1.29 is 9.90 Å². The van der Waals surface area contributed by atoms with Gasteiger partial charge in [-0.2, -0.15) is 0 Å². The standard InChI is InChI=1S/C21H21ClN2O2/c22-17-7-9-18(10-8-17)24-19(12-15-4-1-2-6-20(15)24)14-23-11-3-5-16(13-23)21(25)26/h1-2,4,6-10,12,16H,3,5,11,13-14H2,(H,25,26). The molecule has 1 saturated heterocycles. The van der Waals surface area contributed by atoms with Crippen molar-refractivity contribution in [2.45, 2.75) is 19.4 Å². The molecule has 4 rings (SSSR count). The van der Waals surface area contributed by atoms with Crippen molar-refractivity contribution in [3.8, 4) is 5.69 Å². The zero-order valence-corrected chi connectivity index (χ0v) is 15.2. The van der Waals surface area contributed by atoms with Gasteiger partial charge in [-0.3, -0.25) is 9.69 Å². The number of benzene rings is 2. The Hall–Kier alpha value is -2.30. The molecule has 0 radical (unpaired) electrons. The van der Waals surface area contributed by atoms with Crippen molar-refractivity contribution in [1.82, 2.24) is 9.47 Å². The quantitative estimate of drug-likeness (QED) is 0.733. The molecule has 0 saturated carbocycles. The van der Waals surface area contributed by atoms with Crippen LogP contribution in [0.15, 0.2) is 54.6 Å². The van der Waals surface area contributed by atoms with Crippen LogP contribution in [0.1, 0.15) is 18.5 Å². The maximum Gasteiger partial charge on any atom is 0.307 e. The summed E-state index contributed by atoms with van der Waals surface area (Å²) in [6.45, 7) is 2.28. The van der Waals surface area contributed by atoms with Gasteiger partial charge in [0.25, 0.3) is 0 Å². The Labute approximate surface area is 157 Å². The number of carboxylic acids is 1. The summed E-state index contributed by atoms with van der Waals surface area (Å²) in [6, 6.07) is 18.4. The summed E-state index contributed by atoms with van der Waals surface area (Å²) < 4.78 is 2.25. The number of carbonyl (C=O) groups is 1. The first-order valence-corrected chi connectivity index (χ1v) is 9.30. The number of aliphatic carboxylic acids is 1. The Balaban J connectivity index is 1.71. The van der Waals surface area contributed by atoms with Crippen LogP contribution in [-0.4, -0.2) is 33.6 Å². The number of piperidine rings is 1. The van der Waals surface area contributed by atoms with Crippen molar-refractivity contribution in [1.29, 1.82) is 0 Å². The Morgan fingerprint density at radius 2 is 1.92 bits per heavy atom. The third-order valence-electron chi connectivity index (χ3n) is 5.11. The number of nitrogens with zero attached hydrogens (tertiary/aromatic N) is 2. The Bertz CT molecular complexity index is 933. The summed E-state index contributed by atoms with van der Waals surface area (Å²) in [5.41, 5.74) is 3.38. The molecule has 0 amide bonds. The number of para-hydroxylation sites is 1. The van der Waals surface area contributed by atoms with Gasteiger partial charge in [0.15, 0.2) is 0 Å². The maximum atomic E-state index is 11.4. The van der Waals surface area contributed by atoms with Gasteiger partial charge < -0.3 is 9.67 Å². The van der Waals surface area contributed by atoms with Crippen LogP contribution in [0.3, 0.4) is 0 Å².